The van der Waals surface area contributed by atoms with Crippen LogP contribution in [0.4, 0.5) is 0 Å². The van der Waals surface area contributed by atoms with Gasteiger partial charge in [0.25, 0.3) is 0 Å². The molecular formula is C4H10N2O2. The molecule has 4 nitrogen and oxygen atoms in total. The fourth-order valence-electron chi connectivity index (χ4n) is 0.503. The topological polar surface area (TPSA) is 92.5 Å². The van der Waals surface area contributed by atoms with E-state index >= 15 is 0 Å². The lowest BCUT2D eigenvalue weighted by Crippen LogP contribution is -2.57. The lowest BCUT2D eigenvalue weighted by molar-refractivity contribution is -0.179. The molecule has 1 saturated carbocycles. The molecule has 0 unspecified atom stereocenters. The van der Waals surface area contributed by atoms with E-state index in [0.29, 0.717) is 12.8 Å². The summed E-state index contributed by atoms with van der Waals surface area (Å²) in [5, 5.41) is 17.2. The van der Waals surface area contributed by atoms with Gasteiger partial charge in [-0.05, 0) is 12.8 Å². The maximum Gasteiger partial charge on any atom is 0.238 e. The van der Waals surface area contributed by atoms with E-state index in [1.54, 1.807) is 0 Å². The van der Waals surface area contributed by atoms with E-state index in [9.17, 15) is 0 Å². The molecule has 0 aliphatic heterocycles. The van der Waals surface area contributed by atoms with E-state index in [0.717, 1.165) is 0 Å². The molecule has 0 radical (unpaired) electrons. The number of hydrogen-bond donors (Lipinski definition) is 4. The van der Waals surface area contributed by atoms with Crippen molar-refractivity contribution in [2.75, 3.05) is 0 Å². The zero-order valence-electron chi connectivity index (χ0n) is 4.46. The lowest BCUT2D eigenvalue weighted by atomic mass is 10.2. The highest BCUT2D eigenvalue weighted by Gasteiger charge is 2.53. The number of nitrogens with two attached hydrogens (primary N) is 2. The molecule has 1 rings (SSSR count). The smallest absolute Gasteiger partial charge is 0.238 e. The molecule has 8 heavy (non-hydrogen) atoms. The minimum Gasteiger partial charge on any atom is -0.352 e. The van der Waals surface area contributed by atoms with Crippen molar-refractivity contribution >= 4 is 0 Å². The van der Waals surface area contributed by atoms with Gasteiger partial charge in [-0.15, -0.1) is 0 Å². The first kappa shape index (κ1) is 5.97. The average Bonchev–Trinajstić information content (AvgIpc) is 2.16. The third-order valence-corrected chi connectivity index (χ3v) is 1.52. The maximum atomic E-state index is 8.62. The van der Waals surface area contributed by atoms with Gasteiger partial charge in [0.05, 0.1) is 5.54 Å². The molecule has 0 spiro atoms. The van der Waals surface area contributed by atoms with Gasteiger partial charge < -0.3 is 15.9 Å². The van der Waals surface area contributed by atoms with Gasteiger partial charge in [0, 0.05) is 0 Å². The Labute approximate surface area is 47.1 Å². The molecule has 0 aromatic rings. The largest absolute Gasteiger partial charge is 0.352 e. The Kier molecular flexibility index (Phi) is 0.908. The fraction of sp³-hybridized carbons (Fsp3) is 1.00. The monoisotopic (exact) mass is 118 g/mol. The number of aliphatic hydroxyl groups is 2. The van der Waals surface area contributed by atoms with E-state index in [1.165, 1.54) is 0 Å². The van der Waals surface area contributed by atoms with Gasteiger partial charge in [-0.1, -0.05) is 0 Å². The van der Waals surface area contributed by atoms with Crippen LogP contribution in [-0.4, -0.2) is 21.7 Å². The summed E-state index contributed by atoms with van der Waals surface area (Å²) >= 11 is 0. The summed E-state index contributed by atoms with van der Waals surface area (Å²) in [7, 11) is 0. The Hall–Kier alpha value is -0.160. The standard InChI is InChI=1S/C4H10N2O2/c5-3(1-2-3)4(6,7)8/h7-8H,1-2,5-6H2. The second kappa shape index (κ2) is 1.22. The van der Waals surface area contributed by atoms with Gasteiger partial charge in [-0.25, -0.2) is 0 Å². The molecular weight excluding hydrogens is 108 g/mol. The minimum absolute atomic E-state index is 0.594. The van der Waals surface area contributed by atoms with Gasteiger partial charge in [-0.2, -0.15) is 0 Å². The van der Waals surface area contributed by atoms with Crippen LogP contribution in [0.25, 0.3) is 0 Å². The Balaban J connectivity index is 2.58. The number of rotatable bonds is 1. The van der Waals surface area contributed by atoms with Crippen LogP contribution in [0.2, 0.25) is 0 Å². The minimum atomic E-state index is -2.17. The van der Waals surface area contributed by atoms with Crippen molar-refractivity contribution in [1.82, 2.24) is 0 Å². The van der Waals surface area contributed by atoms with E-state index in [-0.39, 0.29) is 0 Å². The molecule has 0 bridgehead atoms. The van der Waals surface area contributed by atoms with Crippen molar-refractivity contribution in [3.63, 3.8) is 0 Å². The van der Waals surface area contributed by atoms with Crippen LogP contribution < -0.4 is 11.5 Å². The highest BCUT2D eigenvalue weighted by Crippen LogP contribution is 2.37. The predicted octanol–water partition coefficient (Wildman–Crippen LogP) is -1.93. The first-order valence-electron chi connectivity index (χ1n) is 2.48. The van der Waals surface area contributed by atoms with Crippen molar-refractivity contribution < 1.29 is 10.2 Å². The molecule has 4 heteroatoms. The lowest BCUT2D eigenvalue weighted by Gasteiger charge is -2.22. The highest BCUT2D eigenvalue weighted by molar-refractivity contribution is 5.05. The molecule has 0 heterocycles. The summed E-state index contributed by atoms with van der Waals surface area (Å²) in [6, 6.07) is 0. The Morgan fingerprint density at radius 1 is 1.38 bits per heavy atom. The van der Waals surface area contributed by atoms with Crippen molar-refractivity contribution in [2.45, 2.75) is 24.3 Å². The SMILES string of the molecule is NC(O)(O)C1(N)CC1. The van der Waals surface area contributed by atoms with Crippen LogP contribution in [0.3, 0.4) is 0 Å². The molecule has 48 valence electrons. The predicted molar refractivity (Wildman–Crippen MR) is 27.5 cm³/mol. The van der Waals surface area contributed by atoms with Crippen LogP contribution in [0, 0.1) is 0 Å². The normalized spacial score (nSPS) is 25.5. The van der Waals surface area contributed by atoms with Gasteiger partial charge in [-0.3, -0.25) is 5.73 Å². The van der Waals surface area contributed by atoms with Gasteiger partial charge in [0.2, 0.25) is 5.91 Å². The van der Waals surface area contributed by atoms with Crippen molar-refractivity contribution in [3.8, 4) is 0 Å². The third kappa shape index (κ3) is 0.714. The first-order chi connectivity index (χ1) is 3.46. The third-order valence-electron chi connectivity index (χ3n) is 1.52. The molecule has 1 aliphatic carbocycles. The number of hydrogen-bond acceptors (Lipinski definition) is 4. The molecule has 0 amide bonds. The molecule has 6 N–H and O–H groups in total. The van der Waals surface area contributed by atoms with Crippen LogP contribution in [0.1, 0.15) is 12.8 Å². The van der Waals surface area contributed by atoms with Crippen molar-refractivity contribution in [1.29, 1.82) is 0 Å². The van der Waals surface area contributed by atoms with Crippen LogP contribution in [-0.2, 0) is 0 Å². The summed E-state index contributed by atoms with van der Waals surface area (Å²) in [4.78, 5) is 0. The second-order valence-corrected chi connectivity index (χ2v) is 2.38. The average molecular weight is 118 g/mol. The fourth-order valence-corrected chi connectivity index (χ4v) is 0.503. The van der Waals surface area contributed by atoms with Gasteiger partial charge in [0.15, 0.2) is 0 Å². The van der Waals surface area contributed by atoms with Gasteiger partial charge >= 0.3 is 0 Å². The summed E-state index contributed by atoms with van der Waals surface area (Å²) in [5.74, 6) is -2.17. The summed E-state index contributed by atoms with van der Waals surface area (Å²) in [5.41, 5.74) is 9.24. The second-order valence-electron chi connectivity index (χ2n) is 2.38. The van der Waals surface area contributed by atoms with E-state index in [4.69, 9.17) is 21.7 Å². The molecule has 0 atom stereocenters. The van der Waals surface area contributed by atoms with E-state index in [2.05, 4.69) is 0 Å². The first-order valence-corrected chi connectivity index (χ1v) is 2.48. The van der Waals surface area contributed by atoms with Gasteiger partial charge in [0.1, 0.15) is 0 Å². The summed E-state index contributed by atoms with van der Waals surface area (Å²) in [6.07, 6.45) is 1.19. The Morgan fingerprint density at radius 3 is 1.75 bits per heavy atom. The quantitative estimate of drug-likeness (QED) is 0.302. The Morgan fingerprint density at radius 2 is 1.75 bits per heavy atom. The molecule has 0 aromatic carbocycles. The van der Waals surface area contributed by atoms with Crippen LogP contribution in [0.15, 0.2) is 0 Å². The molecule has 0 saturated heterocycles. The maximum absolute atomic E-state index is 8.62. The molecule has 1 fully saturated rings. The van der Waals surface area contributed by atoms with Crippen molar-refractivity contribution in [3.05, 3.63) is 0 Å². The zero-order chi connectivity index (χ0) is 6.41. The van der Waals surface area contributed by atoms with Crippen LogP contribution >= 0.6 is 0 Å². The zero-order valence-corrected chi connectivity index (χ0v) is 4.46. The molecule has 0 aromatic heterocycles. The molecule has 1 aliphatic rings. The summed E-state index contributed by atoms with van der Waals surface area (Å²) < 4.78 is 0. The van der Waals surface area contributed by atoms with E-state index < -0.39 is 11.4 Å². The highest BCUT2D eigenvalue weighted by atomic mass is 16.5. The van der Waals surface area contributed by atoms with E-state index in [1.807, 2.05) is 0 Å². The van der Waals surface area contributed by atoms with Crippen molar-refractivity contribution in [2.24, 2.45) is 11.5 Å². The summed E-state index contributed by atoms with van der Waals surface area (Å²) in [6.45, 7) is 0. The van der Waals surface area contributed by atoms with Crippen LogP contribution in [0.5, 0.6) is 0 Å². The Bertz CT molecular complexity index is 99.9.